The minimum Gasteiger partial charge on any atom is -0.493 e. The monoisotopic (exact) mass is 552 g/mol. The number of hydrogen-bond donors (Lipinski definition) is 2. The fourth-order valence-electron chi connectivity index (χ4n) is 4.08. The van der Waals surface area contributed by atoms with Gasteiger partial charge in [-0.1, -0.05) is 35.5 Å². The third kappa shape index (κ3) is 6.53. The summed E-state index contributed by atoms with van der Waals surface area (Å²) in [4.78, 5) is 17.4. The Hall–Kier alpha value is -5.58. The molecule has 5 aromatic rings. The number of benzene rings is 3. The minimum atomic E-state index is -0.432. The van der Waals surface area contributed by atoms with Crippen LogP contribution in [0.1, 0.15) is 16.1 Å². The zero-order valence-corrected chi connectivity index (χ0v) is 22.7. The van der Waals surface area contributed by atoms with Crippen LogP contribution in [0.4, 0.5) is 17.2 Å². The Bertz CT molecular complexity index is 1610. The van der Waals surface area contributed by atoms with Crippen molar-refractivity contribution in [2.45, 2.75) is 6.54 Å². The zero-order valence-electron chi connectivity index (χ0n) is 22.7. The SMILES string of the molecule is COc1cc(Nc2ncccc2NC(=O)c2cn(Cc3cccc(Oc4ccccc4)c3)nn2)cc(OC)c1OC. The standard InChI is InChI=1S/C30H28N6O5/c1-38-26-16-21(17-27(39-2)28(26)40-3)32-29-24(13-8-14-31-29)33-30(37)25-19-36(35-34-25)18-20-9-7-12-23(15-20)41-22-10-5-4-6-11-22/h4-17,19H,18H2,1-3H3,(H,31,32)(H,33,37). The second-order valence-electron chi connectivity index (χ2n) is 8.76. The van der Waals surface area contributed by atoms with Crippen LogP contribution in [0.5, 0.6) is 28.7 Å². The van der Waals surface area contributed by atoms with Crippen LogP contribution < -0.4 is 29.6 Å². The van der Waals surface area contributed by atoms with E-state index in [0.717, 1.165) is 11.3 Å². The van der Waals surface area contributed by atoms with E-state index >= 15 is 0 Å². The number of hydrogen-bond acceptors (Lipinski definition) is 9. The molecule has 0 saturated carbocycles. The number of carbonyl (C=O) groups excluding carboxylic acids is 1. The molecule has 208 valence electrons. The second-order valence-corrected chi connectivity index (χ2v) is 8.76. The Kier molecular flexibility index (Phi) is 8.24. The highest BCUT2D eigenvalue weighted by Gasteiger charge is 2.17. The number of para-hydroxylation sites is 1. The largest absolute Gasteiger partial charge is 0.493 e. The summed E-state index contributed by atoms with van der Waals surface area (Å²) in [5.74, 6) is 2.85. The van der Waals surface area contributed by atoms with Crippen LogP contribution in [0.2, 0.25) is 0 Å². The number of methoxy groups -OCH3 is 3. The van der Waals surface area contributed by atoms with Gasteiger partial charge >= 0.3 is 0 Å². The molecule has 0 radical (unpaired) electrons. The van der Waals surface area contributed by atoms with Crippen molar-refractivity contribution >= 4 is 23.1 Å². The molecule has 1 amide bonds. The Morgan fingerprint density at radius 2 is 1.61 bits per heavy atom. The number of ether oxygens (including phenoxy) is 4. The zero-order chi connectivity index (χ0) is 28.6. The predicted molar refractivity (Wildman–Crippen MR) is 154 cm³/mol. The van der Waals surface area contributed by atoms with Gasteiger partial charge in [-0.3, -0.25) is 4.79 Å². The van der Waals surface area contributed by atoms with Crippen molar-refractivity contribution in [1.29, 1.82) is 0 Å². The maximum atomic E-state index is 13.1. The first-order valence-electron chi connectivity index (χ1n) is 12.6. The summed E-state index contributed by atoms with van der Waals surface area (Å²) in [6, 6.07) is 24.1. The van der Waals surface area contributed by atoms with E-state index in [1.165, 1.54) is 21.3 Å². The molecule has 0 bridgehead atoms. The van der Waals surface area contributed by atoms with Gasteiger partial charge in [-0.05, 0) is 42.0 Å². The summed E-state index contributed by atoms with van der Waals surface area (Å²) in [7, 11) is 4.61. The summed E-state index contributed by atoms with van der Waals surface area (Å²) >= 11 is 0. The van der Waals surface area contributed by atoms with Crippen LogP contribution in [0.25, 0.3) is 0 Å². The molecule has 5 rings (SSSR count). The van der Waals surface area contributed by atoms with E-state index in [-0.39, 0.29) is 5.69 Å². The molecule has 0 atom stereocenters. The lowest BCUT2D eigenvalue weighted by atomic mass is 10.2. The summed E-state index contributed by atoms with van der Waals surface area (Å²) in [5.41, 5.74) is 2.17. The smallest absolute Gasteiger partial charge is 0.277 e. The highest BCUT2D eigenvalue weighted by Crippen LogP contribution is 2.41. The van der Waals surface area contributed by atoms with Gasteiger partial charge < -0.3 is 29.6 Å². The molecule has 2 heterocycles. The molecule has 0 fully saturated rings. The third-order valence-electron chi connectivity index (χ3n) is 5.98. The van der Waals surface area contributed by atoms with Gasteiger partial charge in [0.1, 0.15) is 11.5 Å². The van der Waals surface area contributed by atoms with E-state index in [1.54, 1.807) is 41.3 Å². The van der Waals surface area contributed by atoms with Crippen molar-refractivity contribution in [3.63, 3.8) is 0 Å². The second kappa shape index (κ2) is 12.5. The van der Waals surface area contributed by atoms with Crippen LogP contribution >= 0.6 is 0 Å². The van der Waals surface area contributed by atoms with Crippen LogP contribution in [0.3, 0.4) is 0 Å². The molecule has 2 aromatic heterocycles. The van der Waals surface area contributed by atoms with Crippen molar-refractivity contribution in [3.05, 3.63) is 103 Å². The van der Waals surface area contributed by atoms with Gasteiger partial charge in [0.2, 0.25) is 5.75 Å². The molecule has 11 nitrogen and oxygen atoms in total. The van der Waals surface area contributed by atoms with Crippen LogP contribution in [0, 0.1) is 0 Å². The summed E-state index contributed by atoms with van der Waals surface area (Å²) in [5, 5.41) is 14.2. The number of rotatable bonds is 11. The topological polar surface area (TPSA) is 122 Å². The van der Waals surface area contributed by atoms with Gasteiger partial charge in [-0.15, -0.1) is 5.10 Å². The van der Waals surface area contributed by atoms with Crippen LogP contribution in [0.15, 0.2) is 91.3 Å². The van der Waals surface area contributed by atoms with Crippen LogP contribution in [-0.4, -0.2) is 47.2 Å². The van der Waals surface area contributed by atoms with Crippen molar-refractivity contribution in [3.8, 4) is 28.7 Å². The first-order chi connectivity index (χ1) is 20.1. The third-order valence-corrected chi connectivity index (χ3v) is 5.98. The van der Waals surface area contributed by atoms with Gasteiger partial charge in [0.25, 0.3) is 5.91 Å². The molecule has 2 N–H and O–H groups in total. The van der Waals surface area contributed by atoms with Gasteiger partial charge in [-0.25, -0.2) is 9.67 Å². The molecular formula is C30H28N6O5. The molecule has 11 heteroatoms. The van der Waals surface area contributed by atoms with Gasteiger partial charge in [0.05, 0.1) is 39.8 Å². The molecule has 0 aliphatic heterocycles. The van der Waals surface area contributed by atoms with Crippen LogP contribution in [-0.2, 0) is 6.54 Å². The first kappa shape index (κ1) is 27.0. The Labute approximate surface area is 236 Å². The Morgan fingerprint density at radius 1 is 0.854 bits per heavy atom. The number of pyridine rings is 1. The van der Waals surface area contributed by atoms with E-state index in [9.17, 15) is 4.79 Å². The summed E-state index contributed by atoms with van der Waals surface area (Å²) in [6.07, 6.45) is 3.20. The van der Waals surface area contributed by atoms with Crippen molar-refractivity contribution in [2.24, 2.45) is 0 Å². The average molecular weight is 553 g/mol. The predicted octanol–water partition coefficient (Wildman–Crippen LogP) is 5.54. The van der Waals surface area contributed by atoms with Crippen molar-refractivity contribution < 1.29 is 23.7 Å². The molecule has 0 spiro atoms. The van der Waals surface area contributed by atoms with Crippen molar-refractivity contribution in [2.75, 3.05) is 32.0 Å². The highest BCUT2D eigenvalue weighted by atomic mass is 16.5. The number of amides is 1. The van der Waals surface area contributed by atoms with E-state index in [1.807, 2.05) is 54.6 Å². The number of nitrogens with one attached hydrogen (secondary N) is 2. The Morgan fingerprint density at radius 3 is 2.34 bits per heavy atom. The average Bonchev–Trinajstić information content (AvgIpc) is 3.47. The molecular weight excluding hydrogens is 524 g/mol. The lowest BCUT2D eigenvalue weighted by molar-refractivity contribution is 0.102. The fraction of sp³-hybridized carbons (Fsp3) is 0.133. The lowest BCUT2D eigenvalue weighted by Crippen LogP contribution is -2.14. The normalized spacial score (nSPS) is 10.5. The maximum absolute atomic E-state index is 13.1. The maximum Gasteiger partial charge on any atom is 0.277 e. The highest BCUT2D eigenvalue weighted by molar-refractivity contribution is 6.04. The van der Waals surface area contributed by atoms with Crippen molar-refractivity contribution in [1.82, 2.24) is 20.0 Å². The first-order valence-corrected chi connectivity index (χ1v) is 12.6. The molecule has 0 aliphatic rings. The number of aromatic nitrogens is 4. The quantitative estimate of drug-likeness (QED) is 0.218. The summed E-state index contributed by atoms with van der Waals surface area (Å²) in [6.45, 7) is 0.410. The molecule has 0 aliphatic carbocycles. The van der Waals surface area contributed by atoms with Gasteiger partial charge in [0.15, 0.2) is 23.0 Å². The van der Waals surface area contributed by atoms with E-state index < -0.39 is 5.91 Å². The Balaban J connectivity index is 1.28. The number of carbonyl (C=O) groups is 1. The molecule has 3 aromatic carbocycles. The lowest BCUT2D eigenvalue weighted by Gasteiger charge is -2.16. The fourth-order valence-corrected chi connectivity index (χ4v) is 4.08. The van der Waals surface area contributed by atoms with E-state index in [2.05, 4.69) is 25.9 Å². The van der Waals surface area contributed by atoms with Gasteiger partial charge in [-0.2, -0.15) is 0 Å². The number of anilines is 3. The molecule has 0 unspecified atom stereocenters. The molecule has 41 heavy (non-hydrogen) atoms. The van der Waals surface area contributed by atoms with E-state index in [0.29, 0.717) is 46.7 Å². The molecule has 0 saturated heterocycles. The van der Waals surface area contributed by atoms with E-state index in [4.69, 9.17) is 18.9 Å². The number of nitrogens with zero attached hydrogens (tertiary/aromatic N) is 4. The van der Waals surface area contributed by atoms with Gasteiger partial charge in [0, 0.05) is 24.0 Å². The minimum absolute atomic E-state index is 0.157. The summed E-state index contributed by atoms with van der Waals surface area (Å²) < 4.78 is 23.8.